The lowest BCUT2D eigenvalue weighted by molar-refractivity contribution is 0.437. The van der Waals surface area contributed by atoms with Crippen molar-refractivity contribution in [2.75, 3.05) is 0 Å². The zero-order valence-electron chi connectivity index (χ0n) is 12.2. The first-order valence-corrected chi connectivity index (χ1v) is 7.63. The molecular formula is C16H25ClFN. The van der Waals surface area contributed by atoms with Gasteiger partial charge in [0.1, 0.15) is 5.82 Å². The van der Waals surface area contributed by atoms with E-state index in [9.17, 15) is 4.39 Å². The second-order valence-corrected chi connectivity index (χ2v) is 5.72. The quantitative estimate of drug-likeness (QED) is 0.623. The molecule has 1 nitrogen and oxygen atoms in total. The molecule has 1 aromatic rings. The van der Waals surface area contributed by atoms with E-state index in [0.717, 1.165) is 5.56 Å². The molecule has 2 atom stereocenters. The minimum Gasteiger partial charge on any atom is -0.308 e. The van der Waals surface area contributed by atoms with Crippen molar-refractivity contribution in [2.24, 2.45) is 0 Å². The summed E-state index contributed by atoms with van der Waals surface area (Å²) in [6.45, 7) is 6.47. The summed E-state index contributed by atoms with van der Waals surface area (Å²) < 4.78 is 13.4. The lowest BCUT2D eigenvalue weighted by Gasteiger charge is -2.20. The van der Waals surface area contributed by atoms with Crippen LogP contribution in [0.2, 0.25) is 5.02 Å². The molecule has 0 spiro atoms. The van der Waals surface area contributed by atoms with Crippen molar-refractivity contribution in [1.82, 2.24) is 5.32 Å². The number of halogens is 2. The van der Waals surface area contributed by atoms with Crippen LogP contribution in [0.3, 0.4) is 0 Å². The van der Waals surface area contributed by atoms with E-state index in [1.54, 1.807) is 6.07 Å². The van der Waals surface area contributed by atoms with Gasteiger partial charge in [-0.1, -0.05) is 50.3 Å². The third-order valence-corrected chi connectivity index (χ3v) is 3.78. The molecule has 0 saturated carbocycles. The molecule has 0 radical (unpaired) electrons. The summed E-state index contributed by atoms with van der Waals surface area (Å²) in [5, 5.41) is 3.69. The number of rotatable bonds is 8. The first-order chi connectivity index (χ1) is 9.04. The maximum atomic E-state index is 13.4. The second-order valence-electron chi connectivity index (χ2n) is 5.31. The van der Waals surface area contributed by atoms with Crippen molar-refractivity contribution in [2.45, 2.75) is 65.0 Å². The van der Waals surface area contributed by atoms with Gasteiger partial charge in [-0.05, 0) is 38.0 Å². The Kier molecular flexibility index (Phi) is 7.40. The topological polar surface area (TPSA) is 12.0 Å². The van der Waals surface area contributed by atoms with Gasteiger partial charge in [-0.3, -0.25) is 0 Å². The summed E-state index contributed by atoms with van der Waals surface area (Å²) in [6, 6.07) is 5.62. The fourth-order valence-electron chi connectivity index (χ4n) is 2.27. The largest absolute Gasteiger partial charge is 0.308 e. The van der Waals surface area contributed by atoms with Crippen LogP contribution in [0.5, 0.6) is 0 Å². The van der Waals surface area contributed by atoms with Crippen LogP contribution in [0.1, 0.15) is 64.5 Å². The van der Waals surface area contributed by atoms with E-state index in [1.807, 2.05) is 6.07 Å². The Morgan fingerprint density at radius 3 is 2.58 bits per heavy atom. The summed E-state index contributed by atoms with van der Waals surface area (Å²) >= 11 is 5.69. The fraction of sp³-hybridized carbons (Fsp3) is 0.625. The molecular weight excluding hydrogens is 261 g/mol. The summed E-state index contributed by atoms with van der Waals surface area (Å²) in [6.07, 6.45) is 6.30. The molecule has 0 heterocycles. The fourth-order valence-corrected chi connectivity index (χ4v) is 2.38. The molecule has 0 aromatic heterocycles. The van der Waals surface area contributed by atoms with Crippen LogP contribution < -0.4 is 5.32 Å². The van der Waals surface area contributed by atoms with Gasteiger partial charge in [0.15, 0.2) is 0 Å². The highest BCUT2D eigenvalue weighted by Gasteiger charge is 2.11. The third-order valence-electron chi connectivity index (χ3n) is 3.47. The molecule has 108 valence electrons. The van der Waals surface area contributed by atoms with Crippen molar-refractivity contribution >= 4 is 11.6 Å². The Labute approximate surface area is 121 Å². The summed E-state index contributed by atoms with van der Waals surface area (Å²) in [7, 11) is 0. The molecule has 0 amide bonds. The van der Waals surface area contributed by atoms with E-state index in [1.165, 1.54) is 38.2 Å². The Bertz CT molecular complexity index is 381. The molecule has 1 rings (SSSR count). The molecule has 1 aromatic carbocycles. The minimum atomic E-state index is -0.344. The monoisotopic (exact) mass is 285 g/mol. The van der Waals surface area contributed by atoms with Crippen molar-refractivity contribution < 1.29 is 4.39 Å². The van der Waals surface area contributed by atoms with Gasteiger partial charge < -0.3 is 5.32 Å². The number of hydrogen-bond acceptors (Lipinski definition) is 1. The maximum Gasteiger partial charge on any atom is 0.142 e. The van der Waals surface area contributed by atoms with E-state index < -0.39 is 0 Å². The van der Waals surface area contributed by atoms with Crippen LogP contribution in [0.25, 0.3) is 0 Å². The third kappa shape index (κ3) is 5.92. The highest BCUT2D eigenvalue weighted by Crippen LogP contribution is 2.20. The highest BCUT2D eigenvalue weighted by molar-refractivity contribution is 6.30. The van der Waals surface area contributed by atoms with E-state index in [4.69, 9.17) is 11.6 Å². The predicted octanol–water partition coefficient (Wildman–Crippen LogP) is 5.49. The normalized spacial score (nSPS) is 14.4. The molecule has 0 saturated heterocycles. The smallest absolute Gasteiger partial charge is 0.142 e. The molecule has 2 unspecified atom stereocenters. The molecule has 0 fully saturated rings. The van der Waals surface area contributed by atoms with Crippen LogP contribution in [0.15, 0.2) is 18.2 Å². The van der Waals surface area contributed by atoms with E-state index in [-0.39, 0.29) is 16.9 Å². The second kappa shape index (κ2) is 8.55. The van der Waals surface area contributed by atoms with E-state index in [0.29, 0.717) is 6.04 Å². The maximum absolute atomic E-state index is 13.4. The van der Waals surface area contributed by atoms with Gasteiger partial charge in [0.2, 0.25) is 0 Å². The van der Waals surface area contributed by atoms with E-state index >= 15 is 0 Å². The van der Waals surface area contributed by atoms with E-state index in [2.05, 4.69) is 26.1 Å². The van der Waals surface area contributed by atoms with Crippen molar-refractivity contribution in [1.29, 1.82) is 0 Å². The van der Waals surface area contributed by atoms with Crippen molar-refractivity contribution in [3.05, 3.63) is 34.6 Å². The number of unbranched alkanes of at least 4 members (excludes halogenated alkanes) is 3. The number of benzene rings is 1. The van der Waals surface area contributed by atoms with Gasteiger partial charge in [-0.15, -0.1) is 0 Å². The van der Waals surface area contributed by atoms with Gasteiger partial charge in [0.05, 0.1) is 5.02 Å². The molecule has 1 N–H and O–H groups in total. The Morgan fingerprint density at radius 1 is 1.21 bits per heavy atom. The average molecular weight is 286 g/mol. The van der Waals surface area contributed by atoms with Crippen LogP contribution in [0, 0.1) is 5.82 Å². The first kappa shape index (κ1) is 16.5. The average Bonchev–Trinajstić information content (AvgIpc) is 2.38. The summed E-state index contributed by atoms with van der Waals surface area (Å²) in [4.78, 5) is 0. The lowest BCUT2D eigenvalue weighted by atomic mass is 10.0. The van der Waals surface area contributed by atoms with Gasteiger partial charge in [0.25, 0.3) is 0 Å². The van der Waals surface area contributed by atoms with Gasteiger partial charge in [-0.2, -0.15) is 0 Å². The molecule has 3 heteroatoms. The van der Waals surface area contributed by atoms with Crippen LogP contribution in [-0.4, -0.2) is 6.04 Å². The van der Waals surface area contributed by atoms with Gasteiger partial charge >= 0.3 is 0 Å². The molecule has 0 aliphatic heterocycles. The van der Waals surface area contributed by atoms with Gasteiger partial charge in [-0.25, -0.2) is 4.39 Å². The zero-order chi connectivity index (χ0) is 14.3. The van der Waals surface area contributed by atoms with Crippen molar-refractivity contribution in [3.8, 4) is 0 Å². The summed E-state index contributed by atoms with van der Waals surface area (Å²) in [5.41, 5.74) is 0.947. The van der Waals surface area contributed by atoms with Crippen LogP contribution in [-0.2, 0) is 0 Å². The highest BCUT2D eigenvalue weighted by atomic mass is 35.5. The number of nitrogens with one attached hydrogen (secondary N) is 1. The van der Waals surface area contributed by atoms with Crippen LogP contribution in [0.4, 0.5) is 4.39 Å². The first-order valence-electron chi connectivity index (χ1n) is 7.25. The minimum absolute atomic E-state index is 0.146. The number of hydrogen-bond donors (Lipinski definition) is 1. The Morgan fingerprint density at radius 2 is 1.95 bits per heavy atom. The Balaban J connectivity index is 2.40. The predicted molar refractivity (Wildman–Crippen MR) is 81.2 cm³/mol. The lowest BCUT2D eigenvalue weighted by Crippen LogP contribution is -2.28. The Hall–Kier alpha value is -0.600. The standard InChI is InChI=1S/C16H25ClFN/c1-4-5-6-7-8-12(2)19-13(3)14-9-10-15(17)16(18)11-14/h9-13,19H,4-8H2,1-3H3. The SMILES string of the molecule is CCCCCCC(C)NC(C)c1ccc(Cl)c(F)c1. The molecule has 19 heavy (non-hydrogen) atoms. The van der Waals surface area contributed by atoms with Gasteiger partial charge in [0, 0.05) is 12.1 Å². The zero-order valence-corrected chi connectivity index (χ0v) is 12.9. The molecule has 0 aliphatic carbocycles. The molecule has 0 bridgehead atoms. The molecule has 0 aliphatic rings. The summed E-state index contributed by atoms with van der Waals surface area (Å²) in [5.74, 6) is -0.344. The van der Waals surface area contributed by atoms with Crippen LogP contribution >= 0.6 is 11.6 Å². The van der Waals surface area contributed by atoms with Crippen molar-refractivity contribution in [3.63, 3.8) is 0 Å².